The molecular weight excluding hydrogens is 286 g/mol. The Morgan fingerprint density at radius 1 is 1.06 bits per heavy atom. The summed E-state index contributed by atoms with van der Waals surface area (Å²) in [5.41, 5.74) is -1.88. The maximum absolute atomic E-state index is 10.9. The van der Waals surface area contributed by atoms with Gasteiger partial charge in [0.15, 0.2) is 0 Å². The van der Waals surface area contributed by atoms with E-state index in [4.69, 9.17) is 0 Å². The van der Waals surface area contributed by atoms with Crippen molar-refractivity contribution in [1.29, 1.82) is 0 Å². The van der Waals surface area contributed by atoms with Gasteiger partial charge in [0.05, 0.1) is 11.9 Å². The first-order chi connectivity index (χ1) is 7.37. The van der Waals surface area contributed by atoms with E-state index >= 15 is 0 Å². The van der Waals surface area contributed by atoms with Crippen LogP contribution in [0.4, 0.5) is 0 Å². The van der Waals surface area contributed by atoms with Crippen molar-refractivity contribution >= 4 is 11.9 Å². The van der Waals surface area contributed by atoms with E-state index in [0.29, 0.717) is 6.42 Å². The first-order valence-electron chi connectivity index (χ1n) is 5.80. The van der Waals surface area contributed by atoms with Crippen LogP contribution in [-0.2, 0) is 9.59 Å². The van der Waals surface area contributed by atoms with Gasteiger partial charge in [0.2, 0.25) is 0 Å². The number of carboxylic acids is 2. The van der Waals surface area contributed by atoms with Crippen molar-refractivity contribution < 1.29 is 123 Å². The summed E-state index contributed by atoms with van der Waals surface area (Å²) >= 11 is 0. The third-order valence-corrected chi connectivity index (χ3v) is 3.32. The molecule has 6 heteroatoms. The second-order valence-electron chi connectivity index (χ2n) is 4.53. The number of aliphatic carboxylic acids is 2. The molecule has 94 valence electrons. The summed E-state index contributed by atoms with van der Waals surface area (Å²) in [6.45, 7) is 4.87. The Morgan fingerprint density at radius 3 is 1.83 bits per heavy atom. The molecule has 0 aromatic rings. The van der Waals surface area contributed by atoms with Gasteiger partial charge in [-0.15, -0.1) is 0 Å². The summed E-state index contributed by atoms with van der Waals surface area (Å²) in [7, 11) is 0. The molecule has 0 saturated heterocycles. The van der Waals surface area contributed by atoms with Crippen molar-refractivity contribution in [1.82, 2.24) is 0 Å². The average molecular weight is 306 g/mol. The molecule has 1 atom stereocenters. The molecule has 0 N–H and O–H groups in total. The number of carboxylic acid groups (broad SMARTS) is 2. The fourth-order valence-electron chi connectivity index (χ4n) is 1.65. The number of unbranched alkanes of at least 4 members (excludes halogenated alkanes) is 3. The summed E-state index contributed by atoms with van der Waals surface area (Å²) in [5.74, 6) is -3.59. The molecule has 0 aliphatic heterocycles. The molecule has 4 nitrogen and oxygen atoms in total. The Labute approximate surface area is 195 Å². The quantitative estimate of drug-likeness (QED) is 0.254. The van der Waals surface area contributed by atoms with Gasteiger partial charge < -0.3 is 19.8 Å². The van der Waals surface area contributed by atoms with Gasteiger partial charge in [-0.3, -0.25) is 0 Å². The largest absolute Gasteiger partial charge is 1.00 e. The zero-order valence-corrected chi connectivity index (χ0v) is 18.5. The van der Waals surface area contributed by atoms with Gasteiger partial charge in [-0.25, -0.2) is 0 Å². The summed E-state index contributed by atoms with van der Waals surface area (Å²) in [6, 6.07) is 0. The summed E-state index contributed by atoms with van der Waals surface area (Å²) in [6.07, 6.45) is 4.58. The molecule has 0 spiro atoms. The second-order valence-corrected chi connectivity index (χ2v) is 4.53. The number of rotatable bonds is 8. The number of hydrogen-bond acceptors (Lipinski definition) is 4. The van der Waals surface area contributed by atoms with Gasteiger partial charge in [-0.1, -0.05) is 39.5 Å². The Hall–Kier alpha value is 2.21. The number of carbonyl (C=O) groups is 2. The standard InChI is InChI=1S/C12H22O4.2K/c1-4-5-6-7-8-9(2)12(3,10(13)14)11(15)16;;/h9H,4-8H2,1-3H3,(H,13,14)(H,15,16);;/q;2*+1/p-2. The van der Waals surface area contributed by atoms with Crippen LogP contribution in [0.25, 0.3) is 0 Å². The minimum atomic E-state index is -1.88. The fraction of sp³-hybridized carbons (Fsp3) is 0.833. The van der Waals surface area contributed by atoms with E-state index in [1.165, 1.54) is 6.92 Å². The van der Waals surface area contributed by atoms with Crippen LogP contribution in [0, 0.1) is 11.3 Å². The SMILES string of the molecule is CCCCCCC(C)C(C)(C(=O)[O-])C(=O)[O-].[K+].[K+]. The zero-order valence-electron chi connectivity index (χ0n) is 12.2. The van der Waals surface area contributed by atoms with Crippen LogP contribution in [0.15, 0.2) is 0 Å². The van der Waals surface area contributed by atoms with Gasteiger partial charge in [0.25, 0.3) is 0 Å². The number of carbonyl (C=O) groups excluding carboxylic acids is 2. The second kappa shape index (κ2) is 12.9. The monoisotopic (exact) mass is 306 g/mol. The molecule has 0 aliphatic carbocycles. The molecule has 1 unspecified atom stereocenters. The van der Waals surface area contributed by atoms with Crippen LogP contribution in [0.3, 0.4) is 0 Å². The van der Waals surface area contributed by atoms with E-state index < -0.39 is 23.3 Å². The topological polar surface area (TPSA) is 80.3 Å². The van der Waals surface area contributed by atoms with Crippen LogP contribution in [0.1, 0.15) is 52.9 Å². The summed E-state index contributed by atoms with van der Waals surface area (Å²) in [5, 5.41) is 21.7. The molecule has 0 aliphatic rings. The average Bonchev–Trinajstić information content (AvgIpc) is 2.22. The third-order valence-electron chi connectivity index (χ3n) is 3.32. The Morgan fingerprint density at radius 2 is 1.50 bits per heavy atom. The Kier molecular flexibility index (Phi) is 18.1. The molecule has 0 amide bonds. The smallest absolute Gasteiger partial charge is 0.549 e. The molecule has 0 fully saturated rings. The Balaban J connectivity index is -0.00000112. The summed E-state index contributed by atoms with van der Waals surface area (Å²) < 4.78 is 0. The molecule has 0 rings (SSSR count). The van der Waals surface area contributed by atoms with Gasteiger partial charge in [-0.05, 0) is 19.3 Å². The van der Waals surface area contributed by atoms with Crippen molar-refractivity contribution in [2.75, 3.05) is 0 Å². The van der Waals surface area contributed by atoms with Crippen LogP contribution in [0.2, 0.25) is 0 Å². The van der Waals surface area contributed by atoms with Crippen LogP contribution in [0.5, 0.6) is 0 Å². The van der Waals surface area contributed by atoms with Gasteiger partial charge in [0.1, 0.15) is 0 Å². The van der Waals surface area contributed by atoms with E-state index in [1.807, 2.05) is 0 Å². The van der Waals surface area contributed by atoms with Crippen molar-refractivity contribution in [3.63, 3.8) is 0 Å². The van der Waals surface area contributed by atoms with Crippen molar-refractivity contribution in [3.05, 3.63) is 0 Å². The van der Waals surface area contributed by atoms with E-state index in [-0.39, 0.29) is 103 Å². The third kappa shape index (κ3) is 7.85. The maximum Gasteiger partial charge on any atom is 1.00 e. The molecule has 0 heterocycles. The Bertz CT molecular complexity index is 242. The normalized spacial score (nSPS) is 11.9. The van der Waals surface area contributed by atoms with Crippen molar-refractivity contribution in [3.8, 4) is 0 Å². The molecule has 0 aromatic carbocycles. The molecule has 18 heavy (non-hydrogen) atoms. The predicted molar refractivity (Wildman–Crippen MR) is 56.0 cm³/mol. The van der Waals surface area contributed by atoms with Crippen LogP contribution in [-0.4, -0.2) is 11.9 Å². The minimum absolute atomic E-state index is 0. The minimum Gasteiger partial charge on any atom is -0.549 e. The predicted octanol–water partition coefficient (Wildman–Crippen LogP) is -5.89. The zero-order chi connectivity index (χ0) is 12.8. The molecular formula is C12H20K2O4. The molecule has 0 bridgehead atoms. The van der Waals surface area contributed by atoms with E-state index in [2.05, 4.69) is 6.92 Å². The molecule has 0 saturated carbocycles. The van der Waals surface area contributed by atoms with Crippen LogP contribution < -0.4 is 113 Å². The van der Waals surface area contributed by atoms with Gasteiger partial charge in [-0.2, -0.15) is 0 Å². The van der Waals surface area contributed by atoms with E-state index in [0.717, 1.165) is 25.7 Å². The van der Waals surface area contributed by atoms with E-state index in [1.54, 1.807) is 6.92 Å². The number of hydrogen-bond donors (Lipinski definition) is 0. The maximum atomic E-state index is 10.9. The van der Waals surface area contributed by atoms with Gasteiger partial charge in [0, 0.05) is 5.41 Å². The van der Waals surface area contributed by atoms with E-state index in [9.17, 15) is 19.8 Å². The van der Waals surface area contributed by atoms with Gasteiger partial charge >= 0.3 is 103 Å². The van der Waals surface area contributed by atoms with Crippen molar-refractivity contribution in [2.24, 2.45) is 11.3 Å². The first kappa shape index (κ1) is 25.2. The van der Waals surface area contributed by atoms with Crippen molar-refractivity contribution in [2.45, 2.75) is 52.9 Å². The molecule has 0 radical (unpaired) electrons. The summed E-state index contributed by atoms with van der Waals surface area (Å²) in [4.78, 5) is 21.7. The first-order valence-corrected chi connectivity index (χ1v) is 5.80. The molecule has 0 aromatic heterocycles. The fourth-order valence-corrected chi connectivity index (χ4v) is 1.65. The van der Waals surface area contributed by atoms with Crippen LogP contribution >= 0.6 is 0 Å².